The molecule has 2 nitrogen and oxygen atoms in total. The largest absolute Gasteiger partial charge is 0.356 e. The van der Waals surface area contributed by atoms with Gasteiger partial charge in [0, 0.05) is 13.5 Å². The van der Waals surface area contributed by atoms with E-state index in [0.29, 0.717) is 6.54 Å². The highest BCUT2D eigenvalue weighted by molar-refractivity contribution is 5.72. The van der Waals surface area contributed by atoms with E-state index in [1.165, 1.54) is 18.1 Å². The average molecular weight is 245 g/mol. The molecule has 0 aromatic heterocycles. The summed E-state index contributed by atoms with van der Waals surface area (Å²) in [6, 6.07) is 8.62. The molecule has 0 unspecified atom stereocenters. The van der Waals surface area contributed by atoms with Crippen LogP contribution >= 0.6 is 0 Å². The lowest BCUT2D eigenvalue weighted by molar-refractivity contribution is -0.118. The van der Waals surface area contributed by atoms with E-state index in [9.17, 15) is 4.79 Å². The number of carbonyl (C=O) groups is 1. The van der Waals surface area contributed by atoms with Crippen LogP contribution in [0.15, 0.2) is 30.3 Å². The third-order valence-electron chi connectivity index (χ3n) is 2.77. The molecular weight excluding hydrogens is 222 g/mol. The Kier molecular flexibility index (Phi) is 5.14. The number of rotatable bonds is 4. The fraction of sp³-hybridized carbons (Fsp3) is 0.438. The van der Waals surface area contributed by atoms with Gasteiger partial charge in [-0.2, -0.15) is 0 Å². The van der Waals surface area contributed by atoms with Gasteiger partial charge in [-0.25, -0.2) is 0 Å². The first kappa shape index (κ1) is 14.5. The summed E-state index contributed by atoms with van der Waals surface area (Å²) in [5.74, 6) is 0.0259. The van der Waals surface area contributed by atoms with Crippen LogP contribution in [0.1, 0.15) is 45.2 Å². The molecule has 0 saturated heterocycles. The van der Waals surface area contributed by atoms with Crippen LogP contribution in [0.4, 0.5) is 0 Å². The van der Waals surface area contributed by atoms with Crippen LogP contribution in [0.5, 0.6) is 0 Å². The van der Waals surface area contributed by atoms with E-state index < -0.39 is 0 Å². The van der Waals surface area contributed by atoms with Crippen molar-refractivity contribution in [3.63, 3.8) is 0 Å². The SMILES string of the molecule is CC(=O)NCCC=Cc1ccc(C(C)(C)C)cc1. The number of benzene rings is 1. The Morgan fingerprint density at radius 1 is 1.22 bits per heavy atom. The van der Waals surface area contributed by atoms with Crippen molar-refractivity contribution in [2.45, 2.75) is 39.5 Å². The molecule has 98 valence electrons. The highest BCUT2D eigenvalue weighted by Crippen LogP contribution is 2.22. The summed E-state index contributed by atoms with van der Waals surface area (Å²) in [6.45, 7) is 8.88. The maximum Gasteiger partial charge on any atom is 0.216 e. The van der Waals surface area contributed by atoms with Gasteiger partial charge < -0.3 is 5.32 Å². The molecule has 1 aromatic rings. The quantitative estimate of drug-likeness (QED) is 0.808. The van der Waals surface area contributed by atoms with E-state index >= 15 is 0 Å². The third kappa shape index (κ3) is 5.17. The standard InChI is InChI=1S/C16H23NO/c1-13(18)17-12-6-5-7-14-8-10-15(11-9-14)16(2,3)4/h5,7-11H,6,12H2,1-4H3,(H,17,18). The fourth-order valence-corrected chi connectivity index (χ4v) is 1.65. The number of carbonyl (C=O) groups excluding carboxylic acids is 1. The van der Waals surface area contributed by atoms with Crippen LogP contribution in [0, 0.1) is 0 Å². The molecule has 2 heteroatoms. The monoisotopic (exact) mass is 245 g/mol. The normalized spacial score (nSPS) is 11.8. The van der Waals surface area contributed by atoms with Crippen molar-refractivity contribution in [3.05, 3.63) is 41.5 Å². The predicted octanol–water partition coefficient (Wildman–Crippen LogP) is 3.52. The maximum atomic E-state index is 10.7. The minimum Gasteiger partial charge on any atom is -0.356 e. The Bertz CT molecular complexity index is 410. The average Bonchev–Trinajstić information content (AvgIpc) is 2.27. The number of nitrogens with one attached hydrogen (secondary N) is 1. The van der Waals surface area contributed by atoms with Gasteiger partial charge >= 0.3 is 0 Å². The zero-order valence-corrected chi connectivity index (χ0v) is 11.8. The summed E-state index contributed by atoms with van der Waals surface area (Å²) in [6.07, 6.45) is 5.04. The van der Waals surface area contributed by atoms with Crippen LogP contribution in [0.2, 0.25) is 0 Å². The topological polar surface area (TPSA) is 29.1 Å². The van der Waals surface area contributed by atoms with E-state index in [1.807, 2.05) is 0 Å². The molecule has 1 amide bonds. The number of amides is 1. The molecule has 0 radical (unpaired) electrons. The van der Waals surface area contributed by atoms with E-state index in [2.05, 4.69) is 62.5 Å². The molecule has 18 heavy (non-hydrogen) atoms. The Balaban J connectivity index is 2.49. The van der Waals surface area contributed by atoms with Crippen LogP contribution in [0.3, 0.4) is 0 Å². The summed E-state index contributed by atoms with van der Waals surface area (Å²) in [5.41, 5.74) is 2.75. The van der Waals surface area contributed by atoms with E-state index in [1.54, 1.807) is 0 Å². The first-order chi connectivity index (χ1) is 8.39. The minimum atomic E-state index is 0.0259. The van der Waals surface area contributed by atoms with Crippen LogP contribution in [-0.4, -0.2) is 12.5 Å². The molecule has 0 aliphatic rings. The smallest absolute Gasteiger partial charge is 0.216 e. The minimum absolute atomic E-state index is 0.0259. The first-order valence-electron chi connectivity index (χ1n) is 6.41. The Hall–Kier alpha value is -1.57. The molecule has 0 fully saturated rings. The van der Waals surface area contributed by atoms with Crippen LogP contribution in [-0.2, 0) is 10.2 Å². The lowest BCUT2D eigenvalue weighted by Gasteiger charge is -2.18. The third-order valence-corrected chi connectivity index (χ3v) is 2.77. The Morgan fingerprint density at radius 3 is 2.33 bits per heavy atom. The molecular formula is C16H23NO. The molecule has 1 rings (SSSR count). The van der Waals surface area contributed by atoms with E-state index in [-0.39, 0.29) is 11.3 Å². The molecule has 0 saturated carbocycles. The summed E-state index contributed by atoms with van der Waals surface area (Å²) < 4.78 is 0. The molecule has 0 heterocycles. The second-order valence-electron chi connectivity index (χ2n) is 5.55. The van der Waals surface area contributed by atoms with Crippen molar-refractivity contribution in [3.8, 4) is 0 Å². The molecule has 1 aromatic carbocycles. The zero-order valence-electron chi connectivity index (χ0n) is 11.8. The number of hydrogen-bond donors (Lipinski definition) is 1. The second kappa shape index (κ2) is 6.39. The molecule has 0 aliphatic heterocycles. The van der Waals surface area contributed by atoms with Crippen molar-refractivity contribution in [2.75, 3.05) is 6.54 Å². The summed E-state index contributed by atoms with van der Waals surface area (Å²) in [4.78, 5) is 10.7. The Labute approximate surface area is 110 Å². The second-order valence-corrected chi connectivity index (χ2v) is 5.55. The van der Waals surface area contributed by atoms with Gasteiger partial charge in [0.05, 0.1) is 0 Å². The Morgan fingerprint density at radius 2 is 1.83 bits per heavy atom. The van der Waals surface area contributed by atoms with Gasteiger partial charge in [-0.3, -0.25) is 4.79 Å². The molecule has 1 N–H and O–H groups in total. The zero-order chi connectivity index (χ0) is 13.6. The van der Waals surface area contributed by atoms with Crippen molar-refractivity contribution in [2.24, 2.45) is 0 Å². The van der Waals surface area contributed by atoms with Gasteiger partial charge in [0.15, 0.2) is 0 Å². The van der Waals surface area contributed by atoms with Gasteiger partial charge in [0.25, 0.3) is 0 Å². The lowest BCUT2D eigenvalue weighted by Crippen LogP contribution is -2.20. The molecule has 0 bridgehead atoms. The summed E-state index contributed by atoms with van der Waals surface area (Å²) in [7, 11) is 0. The lowest BCUT2D eigenvalue weighted by atomic mass is 9.87. The van der Waals surface area contributed by atoms with Crippen molar-refractivity contribution < 1.29 is 4.79 Å². The summed E-state index contributed by atoms with van der Waals surface area (Å²) in [5, 5.41) is 2.77. The van der Waals surface area contributed by atoms with Crippen molar-refractivity contribution in [1.82, 2.24) is 5.32 Å². The van der Waals surface area contributed by atoms with Crippen molar-refractivity contribution in [1.29, 1.82) is 0 Å². The molecule has 0 atom stereocenters. The van der Waals surface area contributed by atoms with Gasteiger partial charge in [-0.05, 0) is 23.0 Å². The van der Waals surface area contributed by atoms with E-state index in [0.717, 1.165) is 6.42 Å². The summed E-state index contributed by atoms with van der Waals surface area (Å²) >= 11 is 0. The predicted molar refractivity (Wildman–Crippen MR) is 77.5 cm³/mol. The van der Waals surface area contributed by atoms with Gasteiger partial charge in [0.1, 0.15) is 0 Å². The van der Waals surface area contributed by atoms with Crippen molar-refractivity contribution >= 4 is 12.0 Å². The highest BCUT2D eigenvalue weighted by Gasteiger charge is 2.12. The van der Waals surface area contributed by atoms with Gasteiger partial charge in [-0.1, -0.05) is 57.2 Å². The van der Waals surface area contributed by atoms with E-state index in [4.69, 9.17) is 0 Å². The fourth-order valence-electron chi connectivity index (χ4n) is 1.65. The highest BCUT2D eigenvalue weighted by atomic mass is 16.1. The van der Waals surface area contributed by atoms with Gasteiger partial charge in [-0.15, -0.1) is 0 Å². The van der Waals surface area contributed by atoms with Crippen LogP contribution < -0.4 is 5.32 Å². The maximum absolute atomic E-state index is 10.7. The van der Waals surface area contributed by atoms with Gasteiger partial charge in [0.2, 0.25) is 5.91 Å². The number of hydrogen-bond acceptors (Lipinski definition) is 1. The molecule has 0 spiro atoms. The van der Waals surface area contributed by atoms with Crippen LogP contribution in [0.25, 0.3) is 6.08 Å². The molecule has 0 aliphatic carbocycles. The first-order valence-corrected chi connectivity index (χ1v) is 6.41.